The lowest BCUT2D eigenvalue weighted by Gasteiger charge is -1.98. The third-order valence-electron chi connectivity index (χ3n) is 4.61. The third-order valence-corrected chi connectivity index (χ3v) is 4.61. The zero-order valence-electron chi connectivity index (χ0n) is 17.8. The van der Waals surface area contributed by atoms with Crippen molar-refractivity contribution in [2.24, 2.45) is 0 Å². The Kier molecular flexibility index (Phi) is 8.68. The molecule has 0 aliphatic rings. The second-order valence-electron chi connectivity index (χ2n) is 6.98. The Morgan fingerprint density at radius 1 is 0.250 bits per heavy atom. The molecule has 0 unspecified atom stereocenters. The molecule has 0 atom stereocenters. The lowest BCUT2D eigenvalue weighted by atomic mass is 10.1. The molecular weight excluding hydrogens is 392 g/mol. The standard InChI is InChI=1S/2C12H10.C6H6O2/c2*1-3-7-11(8-4-1)12-9-5-2-6-10-12;7-5-1-2-6(8)4-3-5/h2*1-10H;1-4,7-8H. The number of phenolic OH excluding ortho intramolecular Hbond substituents is 2. The largest absolute Gasteiger partial charge is 0.508 e. The Bertz CT molecular complexity index is 968. The molecule has 0 saturated heterocycles. The van der Waals surface area contributed by atoms with E-state index < -0.39 is 0 Å². The van der Waals surface area contributed by atoms with Gasteiger partial charge in [0.05, 0.1) is 0 Å². The first-order valence-electron chi connectivity index (χ1n) is 10.4. The molecule has 32 heavy (non-hydrogen) atoms. The van der Waals surface area contributed by atoms with Gasteiger partial charge < -0.3 is 10.2 Å². The molecule has 5 rings (SSSR count). The highest BCUT2D eigenvalue weighted by molar-refractivity contribution is 5.63. The van der Waals surface area contributed by atoms with Crippen LogP contribution in [0.4, 0.5) is 0 Å². The van der Waals surface area contributed by atoms with Gasteiger partial charge in [-0.25, -0.2) is 0 Å². The maximum atomic E-state index is 8.65. The average Bonchev–Trinajstić information content (AvgIpc) is 2.89. The van der Waals surface area contributed by atoms with Gasteiger partial charge in [0, 0.05) is 0 Å². The van der Waals surface area contributed by atoms with Gasteiger partial charge in [-0.3, -0.25) is 0 Å². The molecule has 158 valence electrons. The minimum Gasteiger partial charge on any atom is -0.508 e. The summed E-state index contributed by atoms with van der Waals surface area (Å²) in [4.78, 5) is 0. The average molecular weight is 419 g/mol. The molecule has 0 radical (unpaired) electrons. The Labute approximate surface area is 189 Å². The molecule has 0 aliphatic carbocycles. The monoisotopic (exact) mass is 418 g/mol. The van der Waals surface area contributed by atoms with Crippen molar-refractivity contribution in [2.75, 3.05) is 0 Å². The topological polar surface area (TPSA) is 40.5 Å². The molecule has 2 nitrogen and oxygen atoms in total. The summed E-state index contributed by atoms with van der Waals surface area (Å²) in [6, 6.07) is 47.3. The number of aromatic hydroxyl groups is 2. The Balaban J connectivity index is 0.000000139. The maximum Gasteiger partial charge on any atom is 0.115 e. The fraction of sp³-hybridized carbons (Fsp3) is 0. The molecule has 0 aliphatic heterocycles. The molecule has 0 fully saturated rings. The second kappa shape index (κ2) is 12.4. The van der Waals surface area contributed by atoms with Gasteiger partial charge >= 0.3 is 0 Å². The summed E-state index contributed by atoms with van der Waals surface area (Å²) in [5.41, 5.74) is 5.10. The van der Waals surface area contributed by atoms with Crippen molar-refractivity contribution in [1.29, 1.82) is 0 Å². The summed E-state index contributed by atoms with van der Waals surface area (Å²) in [5, 5.41) is 17.3. The van der Waals surface area contributed by atoms with Crippen LogP contribution in [0.25, 0.3) is 22.3 Å². The molecule has 2 heteroatoms. The Hall–Kier alpha value is -4.30. The first-order valence-corrected chi connectivity index (χ1v) is 10.4. The fourth-order valence-corrected chi connectivity index (χ4v) is 2.98. The van der Waals surface area contributed by atoms with Crippen LogP contribution in [-0.2, 0) is 0 Å². The Morgan fingerprint density at radius 2 is 0.438 bits per heavy atom. The predicted octanol–water partition coefficient (Wildman–Crippen LogP) is 7.81. The number of hydrogen-bond donors (Lipinski definition) is 2. The van der Waals surface area contributed by atoms with Crippen LogP contribution in [0.2, 0.25) is 0 Å². The zero-order valence-corrected chi connectivity index (χ0v) is 17.8. The van der Waals surface area contributed by atoms with Crippen LogP contribution in [0.1, 0.15) is 0 Å². The van der Waals surface area contributed by atoms with Crippen molar-refractivity contribution in [3.05, 3.63) is 146 Å². The fourth-order valence-electron chi connectivity index (χ4n) is 2.98. The van der Waals surface area contributed by atoms with E-state index in [-0.39, 0.29) is 11.5 Å². The minimum atomic E-state index is 0.169. The molecule has 0 heterocycles. The van der Waals surface area contributed by atoms with Gasteiger partial charge in [-0.2, -0.15) is 0 Å². The van der Waals surface area contributed by atoms with E-state index >= 15 is 0 Å². The SMILES string of the molecule is Oc1ccc(O)cc1.c1ccc(-c2ccccc2)cc1.c1ccc(-c2ccccc2)cc1. The summed E-state index contributed by atoms with van der Waals surface area (Å²) in [6.45, 7) is 0. The smallest absolute Gasteiger partial charge is 0.115 e. The lowest BCUT2D eigenvalue weighted by Crippen LogP contribution is -1.73. The van der Waals surface area contributed by atoms with Gasteiger partial charge in [-0.15, -0.1) is 0 Å². The quantitative estimate of drug-likeness (QED) is 0.287. The lowest BCUT2D eigenvalue weighted by molar-refractivity contribution is 0.460. The second-order valence-corrected chi connectivity index (χ2v) is 6.98. The molecule has 0 amide bonds. The van der Waals surface area contributed by atoms with Gasteiger partial charge in [0.1, 0.15) is 11.5 Å². The van der Waals surface area contributed by atoms with E-state index in [0.717, 1.165) is 0 Å². The zero-order chi connectivity index (χ0) is 22.4. The van der Waals surface area contributed by atoms with Gasteiger partial charge in [0.2, 0.25) is 0 Å². The van der Waals surface area contributed by atoms with Crippen LogP contribution >= 0.6 is 0 Å². The molecule has 0 aromatic heterocycles. The third kappa shape index (κ3) is 7.51. The first kappa shape index (κ1) is 22.4. The number of benzene rings is 5. The molecule has 0 spiro atoms. The van der Waals surface area contributed by atoms with Crippen molar-refractivity contribution in [1.82, 2.24) is 0 Å². The van der Waals surface area contributed by atoms with E-state index in [1.807, 2.05) is 24.3 Å². The summed E-state index contributed by atoms with van der Waals surface area (Å²) in [5.74, 6) is 0.339. The van der Waals surface area contributed by atoms with Crippen molar-refractivity contribution in [3.63, 3.8) is 0 Å². The molecule has 0 bridgehead atoms. The summed E-state index contributed by atoms with van der Waals surface area (Å²) in [7, 11) is 0. The molecule has 0 saturated carbocycles. The van der Waals surface area contributed by atoms with Gasteiger partial charge in [-0.1, -0.05) is 121 Å². The minimum absolute atomic E-state index is 0.169. The summed E-state index contributed by atoms with van der Waals surface area (Å²) in [6.07, 6.45) is 0. The van der Waals surface area contributed by atoms with E-state index in [1.165, 1.54) is 46.5 Å². The highest BCUT2D eigenvalue weighted by Crippen LogP contribution is 2.18. The number of hydrogen-bond acceptors (Lipinski definition) is 2. The van der Waals surface area contributed by atoms with Crippen LogP contribution in [0, 0.1) is 0 Å². The molecule has 2 N–H and O–H groups in total. The van der Waals surface area contributed by atoms with Crippen LogP contribution in [0.5, 0.6) is 11.5 Å². The highest BCUT2D eigenvalue weighted by atomic mass is 16.3. The van der Waals surface area contributed by atoms with E-state index in [1.54, 1.807) is 0 Å². The van der Waals surface area contributed by atoms with Crippen molar-refractivity contribution >= 4 is 0 Å². The van der Waals surface area contributed by atoms with Crippen molar-refractivity contribution < 1.29 is 10.2 Å². The maximum absolute atomic E-state index is 8.65. The molecule has 5 aromatic rings. The van der Waals surface area contributed by atoms with Crippen LogP contribution in [-0.4, -0.2) is 10.2 Å². The predicted molar refractivity (Wildman–Crippen MR) is 134 cm³/mol. The van der Waals surface area contributed by atoms with E-state index in [9.17, 15) is 0 Å². The van der Waals surface area contributed by atoms with Crippen LogP contribution in [0.3, 0.4) is 0 Å². The normalized spacial score (nSPS) is 9.50. The number of phenols is 2. The van der Waals surface area contributed by atoms with Crippen LogP contribution in [0.15, 0.2) is 146 Å². The van der Waals surface area contributed by atoms with E-state index in [2.05, 4.69) is 97.1 Å². The number of rotatable bonds is 2. The van der Waals surface area contributed by atoms with Crippen molar-refractivity contribution in [3.8, 4) is 33.8 Å². The summed E-state index contributed by atoms with van der Waals surface area (Å²) < 4.78 is 0. The van der Waals surface area contributed by atoms with Gasteiger partial charge in [0.25, 0.3) is 0 Å². The Morgan fingerprint density at radius 3 is 0.625 bits per heavy atom. The van der Waals surface area contributed by atoms with E-state index in [4.69, 9.17) is 10.2 Å². The van der Waals surface area contributed by atoms with Crippen LogP contribution < -0.4 is 0 Å². The highest BCUT2D eigenvalue weighted by Gasteiger charge is 1.92. The van der Waals surface area contributed by atoms with E-state index in [0.29, 0.717) is 0 Å². The molecular formula is C30H26O2. The van der Waals surface area contributed by atoms with Crippen molar-refractivity contribution in [2.45, 2.75) is 0 Å². The van der Waals surface area contributed by atoms with Gasteiger partial charge in [-0.05, 0) is 46.5 Å². The molecule has 5 aromatic carbocycles. The summed E-state index contributed by atoms with van der Waals surface area (Å²) >= 11 is 0. The van der Waals surface area contributed by atoms with Gasteiger partial charge in [0.15, 0.2) is 0 Å². The first-order chi connectivity index (χ1) is 15.7.